The molecule has 0 unspecified atom stereocenters. The number of nitrogens with one attached hydrogen (secondary N) is 3. The predicted octanol–water partition coefficient (Wildman–Crippen LogP) is 0.249. The number of methoxy groups -OCH3 is 1. The summed E-state index contributed by atoms with van der Waals surface area (Å²) >= 11 is 0. The lowest BCUT2D eigenvalue weighted by Gasteiger charge is -2.27. The van der Waals surface area contributed by atoms with Gasteiger partial charge in [0.1, 0.15) is 5.75 Å². The number of rotatable bonds is 4. The molecular weight excluding hydrogens is 272 g/mol. The fourth-order valence-electron chi connectivity index (χ4n) is 2.10. The quantitative estimate of drug-likeness (QED) is 0.743. The predicted molar refractivity (Wildman–Crippen MR) is 79.5 cm³/mol. The SMILES string of the molecule is COc1ccccc1NC(=O)NCC(=O)N1CCNCC1. The summed E-state index contributed by atoms with van der Waals surface area (Å²) in [7, 11) is 1.53. The zero-order valence-corrected chi connectivity index (χ0v) is 12.0. The monoisotopic (exact) mass is 292 g/mol. The van der Waals surface area contributed by atoms with Crippen LogP contribution in [0.4, 0.5) is 10.5 Å². The lowest BCUT2D eigenvalue weighted by Crippen LogP contribution is -2.49. The van der Waals surface area contributed by atoms with Gasteiger partial charge in [0.2, 0.25) is 5.91 Å². The van der Waals surface area contributed by atoms with Crippen molar-refractivity contribution in [3.05, 3.63) is 24.3 Å². The summed E-state index contributed by atoms with van der Waals surface area (Å²) in [6.07, 6.45) is 0. The number of hydrogen-bond acceptors (Lipinski definition) is 4. The second kappa shape index (κ2) is 7.49. The summed E-state index contributed by atoms with van der Waals surface area (Å²) in [6, 6.07) is 6.67. The molecule has 1 fully saturated rings. The van der Waals surface area contributed by atoms with E-state index < -0.39 is 6.03 Å². The Balaban J connectivity index is 1.80. The number of anilines is 1. The first kappa shape index (κ1) is 15.1. The zero-order valence-electron chi connectivity index (χ0n) is 12.0. The smallest absolute Gasteiger partial charge is 0.319 e. The normalized spacial score (nSPS) is 14.4. The Morgan fingerprint density at radius 2 is 2.00 bits per heavy atom. The maximum atomic E-state index is 11.9. The van der Waals surface area contributed by atoms with Crippen molar-refractivity contribution in [2.75, 3.05) is 45.2 Å². The molecule has 0 radical (unpaired) electrons. The van der Waals surface area contributed by atoms with Crippen molar-refractivity contribution in [2.45, 2.75) is 0 Å². The Morgan fingerprint density at radius 1 is 1.29 bits per heavy atom. The summed E-state index contributed by atoms with van der Waals surface area (Å²) in [5.41, 5.74) is 0.562. The summed E-state index contributed by atoms with van der Waals surface area (Å²) < 4.78 is 5.14. The van der Waals surface area contributed by atoms with Gasteiger partial charge in [-0.2, -0.15) is 0 Å². The molecule has 1 heterocycles. The third-order valence-corrected chi connectivity index (χ3v) is 3.23. The molecule has 7 nitrogen and oxygen atoms in total. The minimum Gasteiger partial charge on any atom is -0.495 e. The molecule has 2 rings (SSSR count). The van der Waals surface area contributed by atoms with Crippen molar-refractivity contribution in [3.63, 3.8) is 0 Å². The fraction of sp³-hybridized carbons (Fsp3) is 0.429. The standard InChI is InChI=1S/C14H20N4O3/c1-21-12-5-3-2-4-11(12)17-14(20)16-10-13(19)18-8-6-15-7-9-18/h2-5,15H,6-10H2,1H3,(H2,16,17,20). The summed E-state index contributed by atoms with van der Waals surface area (Å²) in [5, 5.41) is 8.40. The molecule has 3 amide bonds. The number of nitrogens with zero attached hydrogens (tertiary/aromatic N) is 1. The van der Waals surface area contributed by atoms with Crippen molar-refractivity contribution in [2.24, 2.45) is 0 Å². The third-order valence-electron chi connectivity index (χ3n) is 3.23. The first-order valence-electron chi connectivity index (χ1n) is 6.87. The molecular formula is C14H20N4O3. The van der Waals surface area contributed by atoms with Crippen LogP contribution in [0.3, 0.4) is 0 Å². The van der Waals surface area contributed by atoms with Crippen LogP contribution in [-0.4, -0.2) is 56.7 Å². The molecule has 7 heteroatoms. The van der Waals surface area contributed by atoms with Crippen LogP contribution in [0.15, 0.2) is 24.3 Å². The summed E-state index contributed by atoms with van der Waals surface area (Å²) in [5.74, 6) is 0.493. The van der Waals surface area contributed by atoms with E-state index in [1.54, 1.807) is 23.1 Å². The largest absolute Gasteiger partial charge is 0.495 e. The lowest BCUT2D eigenvalue weighted by molar-refractivity contribution is -0.130. The highest BCUT2D eigenvalue weighted by Gasteiger charge is 2.16. The van der Waals surface area contributed by atoms with Gasteiger partial charge in [-0.25, -0.2) is 4.79 Å². The number of piperazine rings is 1. The van der Waals surface area contributed by atoms with Crippen LogP contribution in [0.25, 0.3) is 0 Å². The molecule has 1 aliphatic heterocycles. The molecule has 114 valence electrons. The van der Waals surface area contributed by atoms with E-state index in [2.05, 4.69) is 16.0 Å². The van der Waals surface area contributed by atoms with E-state index in [4.69, 9.17) is 4.74 Å². The van der Waals surface area contributed by atoms with Gasteiger partial charge in [0, 0.05) is 26.2 Å². The molecule has 3 N–H and O–H groups in total. The number of para-hydroxylation sites is 2. The van der Waals surface area contributed by atoms with Gasteiger partial charge in [0.15, 0.2) is 0 Å². The first-order valence-corrected chi connectivity index (χ1v) is 6.87. The van der Waals surface area contributed by atoms with Crippen LogP contribution in [0, 0.1) is 0 Å². The number of benzene rings is 1. The average molecular weight is 292 g/mol. The van der Waals surface area contributed by atoms with Crippen molar-refractivity contribution >= 4 is 17.6 Å². The van der Waals surface area contributed by atoms with Crippen molar-refractivity contribution in [3.8, 4) is 5.75 Å². The Hall–Kier alpha value is -2.28. The lowest BCUT2D eigenvalue weighted by atomic mass is 10.3. The minimum absolute atomic E-state index is 0.0129. The molecule has 0 spiro atoms. The molecule has 1 aromatic rings. The van der Waals surface area contributed by atoms with Crippen LogP contribution in [0.1, 0.15) is 0 Å². The second-order valence-electron chi connectivity index (χ2n) is 4.64. The molecule has 21 heavy (non-hydrogen) atoms. The number of hydrogen-bond donors (Lipinski definition) is 3. The molecule has 1 saturated heterocycles. The fourth-order valence-corrected chi connectivity index (χ4v) is 2.10. The van der Waals surface area contributed by atoms with Crippen LogP contribution in [0.5, 0.6) is 5.75 Å². The van der Waals surface area contributed by atoms with Crippen LogP contribution >= 0.6 is 0 Å². The number of carbonyl (C=O) groups is 2. The van der Waals surface area contributed by atoms with Gasteiger partial charge in [-0.15, -0.1) is 0 Å². The van der Waals surface area contributed by atoms with Gasteiger partial charge in [0.05, 0.1) is 19.3 Å². The van der Waals surface area contributed by atoms with E-state index in [0.717, 1.165) is 13.1 Å². The summed E-state index contributed by atoms with van der Waals surface area (Å²) in [6.45, 7) is 2.92. The molecule has 0 aromatic heterocycles. The minimum atomic E-state index is -0.428. The van der Waals surface area contributed by atoms with Gasteiger partial charge in [0.25, 0.3) is 0 Å². The highest BCUT2D eigenvalue weighted by Crippen LogP contribution is 2.22. The maximum absolute atomic E-state index is 11.9. The van der Waals surface area contributed by atoms with E-state index in [-0.39, 0.29) is 12.5 Å². The Bertz CT molecular complexity index is 501. The van der Waals surface area contributed by atoms with Crippen LogP contribution < -0.4 is 20.7 Å². The highest BCUT2D eigenvalue weighted by atomic mass is 16.5. The van der Waals surface area contributed by atoms with E-state index in [1.807, 2.05) is 6.07 Å². The molecule has 1 aliphatic rings. The van der Waals surface area contributed by atoms with Crippen LogP contribution in [0.2, 0.25) is 0 Å². The van der Waals surface area contributed by atoms with E-state index in [1.165, 1.54) is 7.11 Å². The Kier molecular flexibility index (Phi) is 5.39. The maximum Gasteiger partial charge on any atom is 0.319 e. The van der Waals surface area contributed by atoms with Crippen molar-refractivity contribution < 1.29 is 14.3 Å². The second-order valence-corrected chi connectivity index (χ2v) is 4.64. The first-order chi connectivity index (χ1) is 10.2. The van der Waals surface area contributed by atoms with Gasteiger partial charge in [-0.3, -0.25) is 4.79 Å². The molecule has 1 aromatic carbocycles. The Labute approximate surface area is 123 Å². The van der Waals surface area contributed by atoms with E-state index in [0.29, 0.717) is 24.5 Å². The molecule has 0 bridgehead atoms. The van der Waals surface area contributed by atoms with Crippen molar-refractivity contribution in [1.82, 2.24) is 15.5 Å². The number of urea groups is 1. The zero-order chi connectivity index (χ0) is 15.1. The number of amides is 3. The number of carbonyl (C=O) groups excluding carboxylic acids is 2. The van der Waals surface area contributed by atoms with E-state index >= 15 is 0 Å². The third kappa shape index (κ3) is 4.35. The molecule has 0 atom stereocenters. The Morgan fingerprint density at radius 3 is 2.71 bits per heavy atom. The molecule has 0 saturated carbocycles. The van der Waals surface area contributed by atoms with Gasteiger partial charge in [-0.1, -0.05) is 12.1 Å². The molecule has 0 aliphatic carbocycles. The number of ether oxygens (including phenoxy) is 1. The highest BCUT2D eigenvalue weighted by molar-refractivity contribution is 5.93. The summed E-state index contributed by atoms with van der Waals surface area (Å²) in [4.78, 5) is 25.5. The van der Waals surface area contributed by atoms with Crippen LogP contribution in [-0.2, 0) is 4.79 Å². The van der Waals surface area contributed by atoms with Gasteiger partial charge >= 0.3 is 6.03 Å². The van der Waals surface area contributed by atoms with Gasteiger partial charge in [-0.05, 0) is 12.1 Å². The van der Waals surface area contributed by atoms with Crippen molar-refractivity contribution in [1.29, 1.82) is 0 Å². The van der Waals surface area contributed by atoms with E-state index in [9.17, 15) is 9.59 Å². The van der Waals surface area contributed by atoms with Gasteiger partial charge < -0.3 is 25.6 Å². The average Bonchev–Trinajstić information content (AvgIpc) is 2.54. The topological polar surface area (TPSA) is 82.7 Å².